The first-order valence-electron chi connectivity index (χ1n) is 6.94. The van der Waals surface area contributed by atoms with E-state index in [4.69, 9.17) is 0 Å². The summed E-state index contributed by atoms with van der Waals surface area (Å²) in [5, 5.41) is 12.2. The summed E-state index contributed by atoms with van der Waals surface area (Å²) in [4.78, 5) is 11.7. The lowest BCUT2D eigenvalue weighted by Gasteiger charge is -2.21. The Labute approximate surface area is 138 Å². The second-order valence-corrected chi connectivity index (χ2v) is 7.05. The van der Waals surface area contributed by atoms with Crippen LogP contribution in [-0.2, 0) is 19.6 Å². The van der Waals surface area contributed by atoms with Gasteiger partial charge in [0.15, 0.2) is 0 Å². The standard InChI is InChI=1S/C16H13N3O4S/c1-10-14(16(20)23-2)18-15-12(8-17)13(9-19(15)24(10,21)22)11-6-4-3-5-7-11/h3-7,9,18H,1-2H3. The monoisotopic (exact) mass is 343 g/mol. The van der Waals surface area contributed by atoms with E-state index in [1.807, 2.05) is 12.1 Å². The maximum absolute atomic E-state index is 12.7. The maximum atomic E-state index is 12.7. The molecule has 3 rings (SSSR count). The van der Waals surface area contributed by atoms with Crippen LogP contribution in [0, 0.1) is 11.3 Å². The molecule has 0 unspecified atom stereocenters. The average Bonchev–Trinajstić information content (AvgIpc) is 2.97. The van der Waals surface area contributed by atoms with E-state index in [0.717, 1.165) is 11.1 Å². The molecule has 0 radical (unpaired) electrons. The van der Waals surface area contributed by atoms with Crippen LogP contribution >= 0.6 is 0 Å². The molecule has 8 heteroatoms. The highest BCUT2D eigenvalue weighted by molar-refractivity contribution is 7.94. The molecule has 1 N–H and O–H groups in total. The van der Waals surface area contributed by atoms with Crippen molar-refractivity contribution in [1.29, 1.82) is 5.26 Å². The van der Waals surface area contributed by atoms with Crippen LogP contribution in [0.4, 0.5) is 5.82 Å². The normalized spacial score (nSPS) is 15.2. The summed E-state index contributed by atoms with van der Waals surface area (Å²) in [6, 6.07) is 11.0. The molecule has 0 saturated heterocycles. The molecule has 1 aromatic carbocycles. The van der Waals surface area contributed by atoms with E-state index < -0.39 is 16.0 Å². The Morgan fingerprint density at radius 1 is 1.29 bits per heavy atom. The van der Waals surface area contributed by atoms with Crippen LogP contribution in [0.1, 0.15) is 12.5 Å². The van der Waals surface area contributed by atoms with Gasteiger partial charge in [-0.3, -0.25) is 0 Å². The SMILES string of the molecule is COC(=O)C1=C(C)S(=O)(=O)n2cc(-c3ccccc3)c(C#N)c2N1. The Balaban J connectivity index is 2.28. The highest BCUT2D eigenvalue weighted by atomic mass is 32.2. The van der Waals surface area contributed by atoms with Crippen molar-refractivity contribution in [3.05, 3.63) is 52.7 Å². The number of aromatic nitrogens is 1. The van der Waals surface area contributed by atoms with Crippen molar-refractivity contribution < 1.29 is 17.9 Å². The van der Waals surface area contributed by atoms with Crippen molar-refractivity contribution in [3.63, 3.8) is 0 Å². The van der Waals surface area contributed by atoms with Crippen molar-refractivity contribution in [2.24, 2.45) is 0 Å². The van der Waals surface area contributed by atoms with Gasteiger partial charge in [0.25, 0.3) is 10.0 Å². The number of esters is 1. The fourth-order valence-electron chi connectivity index (χ4n) is 2.52. The van der Waals surface area contributed by atoms with E-state index in [0.29, 0.717) is 11.1 Å². The van der Waals surface area contributed by atoms with Crippen LogP contribution in [0.3, 0.4) is 0 Å². The fourth-order valence-corrected chi connectivity index (χ4v) is 3.83. The molecule has 24 heavy (non-hydrogen) atoms. The Bertz CT molecular complexity index is 1010. The lowest BCUT2D eigenvalue weighted by Crippen LogP contribution is -2.28. The van der Waals surface area contributed by atoms with Crippen LogP contribution < -0.4 is 5.32 Å². The van der Waals surface area contributed by atoms with Gasteiger partial charge < -0.3 is 10.1 Å². The van der Waals surface area contributed by atoms with Gasteiger partial charge in [0.1, 0.15) is 23.1 Å². The zero-order valence-electron chi connectivity index (χ0n) is 12.9. The van der Waals surface area contributed by atoms with Gasteiger partial charge in [0.2, 0.25) is 0 Å². The number of methoxy groups -OCH3 is 1. The van der Waals surface area contributed by atoms with Crippen LogP contribution in [0.2, 0.25) is 0 Å². The number of nitriles is 1. The first kappa shape index (κ1) is 15.8. The second-order valence-electron chi connectivity index (χ2n) is 5.09. The molecule has 0 amide bonds. The minimum atomic E-state index is -3.96. The highest BCUT2D eigenvalue weighted by Gasteiger charge is 2.35. The summed E-state index contributed by atoms with van der Waals surface area (Å²) in [5.74, 6) is -0.781. The van der Waals surface area contributed by atoms with Gasteiger partial charge in [-0.1, -0.05) is 30.3 Å². The van der Waals surface area contributed by atoms with Gasteiger partial charge >= 0.3 is 5.97 Å². The molecule has 0 saturated carbocycles. The minimum absolute atomic E-state index is 0.0300. The number of hydrogen-bond acceptors (Lipinski definition) is 6. The third kappa shape index (κ3) is 2.18. The molecule has 0 bridgehead atoms. The number of hydrogen-bond donors (Lipinski definition) is 1. The lowest BCUT2D eigenvalue weighted by molar-refractivity contribution is -0.135. The average molecular weight is 343 g/mol. The molecule has 1 aliphatic heterocycles. The van der Waals surface area contributed by atoms with Gasteiger partial charge in [-0.25, -0.2) is 17.2 Å². The number of allylic oxidation sites excluding steroid dienone is 1. The van der Waals surface area contributed by atoms with Crippen molar-refractivity contribution in [2.75, 3.05) is 12.4 Å². The molecule has 7 nitrogen and oxygen atoms in total. The quantitative estimate of drug-likeness (QED) is 0.837. The summed E-state index contributed by atoms with van der Waals surface area (Å²) in [6.45, 7) is 1.31. The zero-order valence-corrected chi connectivity index (χ0v) is 13.7. The number of fused-ring (bicyclic) bond motifs is 1. The molecular formula is C16H13N3O4S. The number of ether oxygens (including phenoxy) is 1. The van der Waals surface area contributed by atoms with Gasteiger partial charge in [-0.05, 0) is 12.5 Å². The van der Waals surface area contributed by atoms with Gasteiger partial charge in [0.05, 0.1) is 12.0 Å². The molecular weight excluding hydrogens is 330 g/mol. The van der Waals surface area contributed by atoms with Crippen molar-refractivity contribution >= 4 is 21.8 Å². The van der Waals surface area contributed by atoms with Crippen molar-refractivity contribution in [1.82, 2.24) is 3.97 Å². The molecule has 0 fully saturated rings. The summed E-state index contributed by atoms with van der Waals surface area (Å²) >= 11 is 0. The predicted octanol–water partition coefficient (Wildman–Crippen LogP) is 2.03. The Kier molecular flexibility index (Phi) is 3.66. The minimum Gasteiger partial charge on any atom is -0.464 e. The summed E-state index contributed by atoms with van der Waals surface area (Å²) < 4.78 is 31.0. The van der Waals surface area contributed by atoms with E-state index in [9.17, 15) is 18.5 Å². The van der Waals surface area contributed by atoms with E-state index >= 15 is 0 Å². The van der Waals surface area contributed by atoms with E-state index in [-0.39, 0.29) is 22.0 Å². The van der Waals surface area contributed by atoms with Gasteiger partial charge in [-0.15, -0.1) is 0 Å². The first-order chi connectivity index (χ1) is 11.4. The maximum Gasteiger partial charge on any atom is 0.355 e. The topological polar surface area (TPSA) is 101 Å². The number of nitrogens with one attached hydrogen (secondary N) is 1. The summed E-state index contributed by atoms with van der Waals surface area (Å²) in [5.41, 5.74) is 1.10. The van der Waals surface area contributed by atoms with Gasteiger partial charge in [-0.2, -0.15) is 5.26 Å². The van der Waals surface area contributed by atoms with Crippen molar-refractivity contribution in [2.45, 2.75) is 6.92 Å². The largest absolute Gasteiger partial charge is 0.464 e. The highest BCUT2D eigenvalue weighted by Crippen LogP contribution is 2.37. The number of rotatable bonds is 2. The summed E-state index contributed by atoms with van der Waals surface area (Å²) in [6.07, 6.45) is 1.38. The molecule has 0 aliphatic carbocycles. The second kappa shape index (κ2) is 5.54. The number of benzene rings is 1. The van der Waals surface area contributed by atoms with Crippen LogP contribution in [0.5, 0.6) is 0 Å². The third-order valence-corrected chi connectivity index (χ3v) is 5.58. The number of carbonyl (C=O) groups excluding carboxylic acids is 1. The van der Waals surface area contributed by atoms with Crippen LogP contribution in [-0.4, -0.2) is 25.5 Å². The Hall–Kier alpha value is -3.05. The number of nitrogens with zero attached hydrogens (tertiary/aromatic N) is 2. The van der Waals surface area contributed by atoms with E-state index in [1.165, 1.54) is 13.1 Å². The molecule has 1 aliphatic rings. The predicted molar refractivity (Wildman–Crippen MR) is 87.2 cm³/mol. The molecule has 0 atom stereocenters. The fraction of sp³-hybridized carbons (Fsp3) is 0.125. The Morgan fingerprint density at radius 3 is 2.54 bits per heavy atom. The number of anilines is 1. The number of carbonyl (C=O) groups is 1. The zero-order chi connectivity index (χ0) is 17.5. The van der Waals surface area contributed by atoms with Crippen LogP contribution in [0.25, 0.3) is 11.1 Å². The molecule has 122 valence electrons. The Morgan fingerprint density at radius 2 is 1.96 bits per heavy atom. The van der Waals surface area contributed by atoms with Crippen LogP contribution in [0.15, 0.2) is 47.1 Å². The van der Waals surface area contributed by atoms with Gasteiger partial charge in [0, 0.05) is 11.8 Å². The van der Waals surface area contributed by atoms with E-state index in [1.54, 1.807) is 24.3 Å². The third-order valence-electron chi connectivity index (χ3n) is 3.80. The lowest BCUT2D eigenvalue weighted by atomic mass is 10.1. The molecule has 2 heterocycles. The van der Waals surface area contributed by atoms with Crippen molar-refractivity contribution in [3.8, 4) is 17.2 Å². The summed E-state index contributed by atoms with van der Waals surface area (Å²) in [7, 11) is -2.81. The van der Waals surface area contributed by atoms with E-state index in [2.05, 4.69) is 10.1 Å². The smallest absolute Gasteiger partial charge is 0.355 e. The molecule has 0 spiro atoms. The first-order valence-corrected chi connectivity index (χ1v) is 8.38. The molecule has 1 aromatic heterocycles. The molecule has 2 aromatic rings.